The van der Waals surface area contributed by atoms with Gasteiger partial charge < -0.3 is 10.2 Å². The summed E-state index contributed by atoms with van der Waals surface area (Å²) in [5, 5.41) is 3.41. The van der Waals surface area contributed by atoms with Gasteiger partial charge in [0.25, 0.3) is 5.91 Å². The van der Waals surface area contributed by atoms with Crippen molar-refractivity contribution in [3.63, 3.8) is 0 Å². The van der Waals surface area contributed by atoms with Gasteiger partial charge in [-0.2, -0.15) is 0 Å². The fraction of sp³-hybridized carbons (Fsp3) is 0.111. The van der Waals surface area contributed by atoms with Crippen LogP contribution in [0.2, 0.25) is 0 Å². The molecule has 0 spiro atoms. The Morgan fingerprint density at radius 2 is 1.74 bits per heavy atom. The zero-order valence-corrected chi connectivity index (χ0v) is 13.8. The van der Waals surface area contributed by atoms with Crippen LogP contribution in [0.5, 0.6) is 0 Å². The average Bonchev–Trinajstić information content (AvgIpc) is 2.88. The van der Waals surface area contributed by atoms with Crippen LogP contribution in [0.15, 0.2) is 64.5 Å². The van der Waals surface area contributed by atoms with Crippen molar-refractivity contribution in [3.05, 3.63) is 65.1 Å². The number of anilines is 1. The van der Waals surface area contributed by atoms with Crippen molar-refractivity contribution in [1.29, 1.82) is 0 Å². The van der Waals surface area contributed by atoms with Gasteiger partial charge in [-0.25, -0.2) is 4.99 Å². The molecule has 0 aliphatic carbocycles. The Morgan fingerprint density at radius 3 is 2.39 bits per heavy atom. The summed E-state index contributed by atoms with van der Waals surface area (Å²) in [4.78, 5) is 19.2. The molecule has 0 saturated carbocycles. The molecule has 23 heavy (non-hydrogen) atoms. The number of aliphatic imine (C=N–C) groups is 1. The van der Waals surface area contributed by atoms with Crippen molar-refractivity contribution >= 4 is 40.3 Å². The molecule has 0 atom stereocenters. The fourth-order valence-electron chi connectivity index (χ4n) is 2.12. The molecule has 0 bridgehead atoms. The van der Waals surface area contributed by atoms with Gasteiger partial charge in [0.2, 0.25) is 0 Å². The van der Waals surface area contributed by atoms with E-state index in [0.717, 1.165) is 16.9 Å². The smallest absolute Gasteiger partial charge is 0.264 e. The molecule has 1 saturated heterocycles. The molecule has 2 aromatic carbocycles. The van der Waals surface area contributed by atoms with Gasteiger partial charge in [-0.15, -0.1) is 0 Å². The minimum atomic E-state index is -0.110. The number of amides is 1. The SMILES string of the molecule is CN(C)c1ccc(C=C2SC(=Nc3ccccc3)NC2=O)cc1. The van der Waals surface area contributed by atoms with Gasteiger partial charge in [-0.3, -0.25) is 4.79 Å². The number of carbonyl (C=O) groups excluding carboxylic acids is 1. The first-order chi connectivity index (χ1) is 11.1. The van der Waals surface area contributed by atoms with E-state index in [-0.39, 0.29) is 5.91 Å². The van der Waals surface area contributed by atoms with E-state index in [1.807, 2.05) is 79.7 Å². The molecular formula is C18H17N3OS. The normalized spacial score (nSPS) is 17.6. The molecule has 1 aliphatic rings. The van der Waals surface area contributed by atoms with Gasteiger partial charge >= 0.3 is 0 Å². The minimum Gasteiger partial charge on any atom is -0.378 e. The second-order valence-corrected chi connectivity index (χ2v) is 6.33. The van der Waals surface area contributed by atoms with Crippen molar-refractivity contribution in [1.82, 2.24) is 5.32 Å². The highest BCUT2D eigenvalue weighted by atomic mass is 32.2. The lowest BCUT2D eigenvalue weighted by molar-refractivity contribution is -0.115. The summed E-state index contributed by atoms with van der Waals surface area (Å²) in [6.45, 7) is 0. The van der Waals surface area contributed by atoms with Crippen LogP contribution in [-0.4, -0.2) is 25.2 Å². The molecule has 1 N–H and O–H groups in total. The second-order valence-electron chi connectivity index (χ2n) is 5.30. The number of benzene rings is 2. The lowest BCUT2D eigenvalue weighted by Crippen LogP contribution is -2.19. The Labute approximate surface area is 139 Å². The van der Waals surface area contributed by atoms with Crippen molar-refractivity contribution < 1.29 is 4.79 Å². The van der Waals surface area contributed by atoms with Gasteiger partial charge in [0.05, 0.1) is 10.6 Å². The molecule has 2 aromatic rings. The Kier molecular flexibility index (Phi) is 4.48. The summed E-state index contributed by atoms with van der Waals surface area (Å²) < 4.78 is 0. The van der Waals surface area contributed by atoms with Crippen molar-refractivity contribution in [2.75, 3.05) is 19.0 Å². The Bertz CT molecular complexity index is 765. The predicted octanol–water partition coefficient (Wildman–Crippen LogP) is 3.64. The summed E-state index contributed by atoms with van der Waals surface area (Å²) in [5.74, 6) is -0.110. The molecule has 1 aliphatic heterocycles. The molecule has 0 aromatic heterocycles. The van der Waals surface area contributed by atoms with Gasteiger partial charge in [0, 0.05) is 19.8 Å². The molecule has 1 amide bonds. The maximum Gasteiger partial charge on any atom is 0.264 e. The fourth-order valence-corrected chi connectivity index (χ4v) is 2.96. The lowest BCUT2D eigenvalue weighted by atomic mass is 10.2. The van der Waals surface area contributed by atoms with Crippen LogP contribution < -0.4 is 10.2 Å². The molecule has 0 unspecified atom stereocenters. The molecule has 5 heteroatoms. The predicted molar refractivity (Wildman–Crippen MR) is 98.0 cm³/mol. The van der Waals surface area contributed by atoms with Crippen LogP contribution in [0.3, 0.4) is 0 Å². The molecule has 1 fully saturated rings. The molecular weight excluding hydrogens is 306 g/mol. The van der Waals surface area contributed by atoms with Crippen LogP contribution in [0.4, 0.5) is 11.4 Å². The van der Waals surface area contributed by atoms with E-state index in [4.69, 9.17) is 0 Å². The third kappa shape index (κ3) is 3.81. The molecule has 116 valence electrons. The number of para-hydroxylation sites is 1. The van der Waals surface area contributed by atoms with E-state index in [1.54, 1.807) is 0 Å². The Hall–Kier alpha value is -2.53. The first-order valence-corrected chi connectivity index (χ1v) is 8.05. The zero-order valence-electron chi connectivity index (χ0n) is 13.0. The van der Waals surface area contributed by atoms with Crippen LogP contribution in [0.1, 0.15) is 5.56 Å². The standard InChI is InChI=1S/C18H17N3OS/c1-21(2)15-10-8-13(9-11-15)12-16-17(22)20-18(23-16)19-14-6-4-3-5-7-14/h3-12H,1-2H3,(H,19,20,22). The largest absolute Gasteiger partial charge is 0.378 e. The third-order valence-corrected chi connectivity index (χ3v) is 4.25. The highest BCUT2D eigenvalue weighted by Gasteiger charge is 2.23. The summed E-state index contributed by atoms with van der Waals surface area (Å²) in [6, 6.07) is 17.7. The molecule has 0 radical (unpaired) electrons. The quantitative estimate of drug-likeness (QED) is 0.877. The van der Waals surface area contributed by atoms with Crippen LogP contribution in [0, 0.1) is 0 Å². The Morgan fingerprint density at radius 1 is 1.04 bits per heavy atom. The first-order valence-electron chi connectivity index (χ1n) is 7.24. The first kappa shape index (κ1) is 15.4. The van der Waals surface area contributed by atoms with Gasteiger partial charge in [-0.1, -0.05) is 30.3 Å². The second kappa shape index (κ2) is 6.71. The highest BCUT2D eigenvalue weighted by molar-refractivity contribution is 8.18. The topological polar surface area (TPSA) is 44.7 Å². The number of carbonyl (C=O) groups is 1. The number of hydrogen-bond donors (Lipinski definition) is 1. The maximum atomic E-state index is 12.1. The van der Waals surface area contributed by atoms with Crippen LogP contribution >= 0.6 is 11.8 Å². The summed E-state index contributed by atoms with van der Waals surface area (Å²) in [5.41, 5.74) is 2.95. The minimum absolute atomic E-state index is 0.110. The van der Waals surface area contributed by atoms with E-state index in [2.05, 4.69) is 10.3 Å². The van der Waals surface area contributed by atoms with Crippen molar-refractivity contribution in [2.45, 2.75) is 0 Å². The maximum absolute atomic E-state index is 12.1. The number of nitrogens with one attached hydrogen (secondary N) is 1. The van der Waals surface area contributed by atoms with E-state index >= 15 is 0 Å². The number of amidine groups is 1. The number of nitrogens with zero attached hydrogens (tertiary/aromatic N) is 2. The van der Waals surface area contributed by atoms with Crippen LogP contribution in [-0.2, 0) is 4.79 Å². The summed E-state index contributed by atoms with van der Waals surface area (Å²) in [6.07, 6.45) is 1.88. The molecule has 3 rings (SSSR count). The monoisotopic (exact) mass is 323 g/mol. The molecule has 4 nitrogen and oxygen atoms in total. The number of hydrogen-bond acceptors (Lipinski definition) is 4. The summed E-state index contributed by atoms with van der Waals surface area (Å²) >= 11 is 1.36. The zero-order chi connectivity index (χ0) is 16.2. The number of rotatable bonds is 3. The lowest BCUT2D eigenvalue weighted by Gasteiger charge is -2.11. The highest BCUT2D eigenvalue weighted by Crippen LogP contribution is 2.28. The molecule has 1 heterocycles. The van der Waals surface area contributed by atoms with E-state index in [0.29, 0.717) is 10.1 Å². The van der Waals surface area contributed by atoms with Crippen molar-refractivity contribution in [2.24, 2.45) is 4.99 Å². The average molecular weight is 323 g/mol. The van der Waals surface area contributed by atoms with E-state index < -0.39 is 0 Å². The van der Waals surface area contributed by atoms with Crippen molar-refractivity contribution in [3.8, 4) is 0 Å². The van der Waals surface area contributed by atoms with Gasteiger partial charge in [0.15, 0.2) is 5.17 Å². The van der Waals surface area contributed by atoms with E-state index in [9.17, 15) is 4.79 Å². The van der Waals surface area contributed by atoms with Gasteiger partial charge in [0.1, 0.15) is 0 Å². The Balaban J connectivity index is 1.78. The number of thioether (sulfide) groups is 1. The van der Waals surface area contributed by atoms with Gasteiger partial charge in [-0.05, 0) is 47.7 Å². The van der Waals surface area contributed by atoms with E-state index in [1.165, 1.54) is 11.8 Å². The summed E-state index contributed by atoms with van der Waals surface area (Å²) in [7, 11) is 4.00. The third-order valence-electron chi connectivity index (χ3n) is 3.34. The van der Waals surface area contributed by atoms with Crippen LogP contribution in [0.25, 0.3) is 6.08 Å².